The lowest BCUT2D eigenvalue weighted by Gasteiger charge is -2.38. The van der Waals surface area contributed by atoms with E-state index in [4.69, 9.17) is 5.73 Å². The number of amides is 1. The van der Waals surface area contributed by atoms with Gasteiger partial charge >= 0.3 is 0 Å². The molecule has 104 valence electrons. The summed E-state index contributed by atoms with van der Waals surface area (Å²) in [6, 6.07) is 7.59. The number of rotatable bonds is 2. The SMILES string of the molecule is CN(C(=O)c1cccc(N)c1)C1CCC(C)(C)CC1. The second-order valence-corrected chi connectivity index (χ2v) is 6.44. The van der Waals surface area contributed by atoms with E-state index < -0.39 is 0 Å². The summed E-state index contributed by atoms with van der Waals surface area (Å²) in [7, 11) is 1.91. The summed E-state index contributed by atoms with van der Waals surface area (Å²) in [6.07, 6.45) is 4.56. The van der Waals surface area contributed by atoms with Crippen LogP contribution >= 0.6 is 0 Å². The predicted molar refractivity (Wildman–Crippen MR) is 79.0 cm³/mol. The van der Waals surface area contributed by atoms with Crippen LogP contribution in [0.4, 0.5) is 5.69 Å². The largest absolute Gasteiger partial charge is 0.399 e. The number of nitrogen functional groups attached to an aromatic ring is 1. The molecule has 1 aromatic rings. The molecule has 3 nitrogen and oxygen atoms in total. The van der Waals surface area contributed by atoms with E-state index in [1.807, 2.05) is 24.1 Å². The van der Waals surface area contributed by atoms with Gasteiger partial charge in [0.15, 0.2) is 0 Å². The molecule has 2 rings (SSSR count). The van der Waals surface area contributed by atoms with E-state index in [1.54, 1.807) is 12.1 Å². The highest BCUT2D eigenvalue weighted by Crippen LogP contribution is 2.36. The van der Waals surface area contributed by atoms with Crippen LogP contribution in [0.1, 0.15) is 49.9 Å². The van der Waals surface area contributed by atoms with Gasteiger partial charge in [0.1, 0.15) is 0 Å². The first-order chi connectivity index (χ1) is 8.89. The Labute approximate surface area is 115 Å². The van der Waals surface area contributed by atoms with E-state index in [-0.39, 0.29) is 5.91 Å². The minimum absolute atomic E-state index is 0.0806. The van der Waals surface area contributed by atoms with Gasteiger partial charge in [-0.15, -0.1) is 0 Å². The van der Waals surface area contributed by atoms with E-state index in [9.17, 15) is 4.79 Å². The minimum Gasteiger partial charge on any atom is -0.399 e. The average molecular weight is 260 g/mol. The van der Waals surface area contributed by atoms with Crippen molar-refractivity contribution in [3.63, 3.8) is 0 Å². The fraction of sp³-hybridized carbons (Fsp3) is 0.562. The molecule has 1 aliphatic carbocycles. The maximum Gasteiger partial charge on any atom is 0.253 e. The molecule has 0 bridgehead atoms. The number of carbonyl (C=O) groups excluding carboxylic acids is 1. The van der Waals surface area contributed by atoms with Crippen molar-refractivity contribution in [1.29, 1.82) is 0 Å². The van der Waals surface area contributed by atoms with Gasteiger partial charge in [0, 0.05) is 24.3 Å². The van der Waals surface area contributed by atoms with Gasteiger partial charge in [-0.3, -0.25) is 4.79 Å². The average Bonchev–Trinajstić information content (AvgIpc) is 2.37. The molecular weight excluding hydrogens is 236 g/mol. The number of hydrogen-bond donors (Lipinski definition) is 1. The highest BCUT2D eigenvalue weighted by molar-refractivity contribution is 5.95. The molecule has 1 fully saturated rings. The molecule has 1 amide bonds. The van der Waals surface area contributed by atoms with E-state index in [2.05, 4.69) is 13.8 Å². The number of hydrogen-bond acceptors (Lipinski definition) is 2. The zero-order chi connectivity index (χ0) is 14.0. The van der Waals surface area contributed by atoms with Gasteiger partial charge in [-0.25, -0.2) is 0 Å². The minimum atomic E-state index is 0.0806. The number of nitrogens with two attached hydrogens (primary N) is 1. The Bertz CT molecular complexity index is 458. The van der Waals surface area contributed by atoms with Crippen LogP contribution in [0, 0.1) is 5.41 Å². The maximum atomic E-state index is 12.4. The Hall–Kier alpha value is -1.51. The Morgan fingerprint density at radius 2 is 1.95 bits per heavy atom. The number of anilines is 1. The highest BCUT2D eigenvalue weighted by atomic mass is 16.2. The smallest absolute Gasteiger partial charge is 0.253 e. The molecule has 2 N–H and O–H groups in total. The van der Waals surface area contributed by atoms with Crippen molar-refractivity contribution in [3.05, 3.63) is 29.8 Å². The molecule has 0 heterocycles. The third-order valence-electron chi connectivity index (χ3n) is 4.31. The van der Waals surface area contributed by atoms with Crippen molar-refractivity contribution in [2.45, 2.75) is 45.6 Å². The first-order valence-corrected chi connectivity index (χ1v) is 7.02. The van der Waals surface area contributed by atoms with Crippen LogP contribution in [0.15, 0.2) is 24.3 Å². The third-order valence-corrected chi connectivity index (χ3v) is 4.31. The second-order valence-electron chi connectivity index (χ2n) is 6.44. The Kier molecular flexibility index (Phi) is 3.83. The molecule has 0 aliphatic heterocycles. The van der Waals surface area contributed by atoms with E-state index in [0.29, 0.717) is 22.7 Å². The van der Waals surface area contributed by atoms with E-state index in [0.717, 1.165) is 12.8 Å². The standard InChI is InChI=1S/C16H24N2O/c1-16(2)9-7-14(8-10-16)18(3)15(19)12-5-4-6-13(17)11-12/h4-6,11,14H,7-10,17H2,1-3H3. The Morgan fingerprint density at radius 1 is 1.32 bits per heavy atom. The fourth-order valence-electron chi connectivity index (χ4n) is 2.81. The van der Waals surface area contributed by atoms with Crippen molar-refractivity contribution in [2.75, 3.05) is 12.8 Å². The zero-order valence-corrected chi connectivity index (χ0v) is 12.1. The van der Waals surface area contributed by atoms with Crippen molar-refractivity contribution in [2.24, 2.45) is 5.41 Å². The van der Waals surface area contributed by atoms with E-state index in [1.165, 1.54) is 12.8 Å². The number of benzene rings is 1. The van der Waals surface area contributed by atoms with Crippen LogP contribution in [-0.2, 0) is 0 Å². The molecule has 0 aromatic heterocycles. The fourth-order valence-corrected chi connectivity index (χ4v) is 2.81. The first kappa shape index (κ1) is 13.9. The topological polar surface area (TPSA) is 46.3 Å². The summed E-state index contributed by atoms with van der Waals surface area (Å²) in [6.45, 7) is 4.62. The molecule has 0 saturated heterocycles. The monoisotopic (exact) mass is 260 g/mol. The van der Waals surface area contributed by atoms with Gasteiger partial charge in [-0.2, -0.15) is 0 Å². The quantitative estimate of drug-likeness (QED) is 0.829. The van der Waals surface area contributed by atoms with Gasteiger partial charge in [0.25, 0.3) is 5.91 Å². The molecule has 19 heavy (non-hydrogen) atoms. The lowest BCUT2D eigenvalue weighted by atomic mass is 9.75. The van der Waals surface area contributed by atoms with Crippen LogP contribution in [0.25, 0.3) is 0 Å². The number of carbonyl (C=O) groups is 1. The predicted octanol–water partition coefficient (Wildman–Crippen LogP) is 3.31. The first-order valence-electron chi connectivity index (χ1n) is 7.02. The third kappa shape index (κ3) is 3.28. The van der Waals surface area contributed by atoms with E-state index >= 15 is 0 Å². The molecule has 1 aromatic carbocycles. The summed E-state index contributed by atoms with van der Waals surface area (Å²) in [4.78, 5) is 14.3. The molecular formula is C16H24N2O. The lowest BCUT2D eigenvalue weighted by molar-refractivity contribution is 0.0635. The van der Waals surface area contributed by atoms with Crippen LogP contribution in [0.5, 0.6) is 0 Å². The Balaban J connectivity index is 2.04. The molecule has 0 spiro atoms. The molecule has 3 heteroatoms. The van der Waals surface area contributed by atoms with Gasteiger partial charge in [-0.05, 0) is 49.3 Å². The lowest BCUT2D eigenvalue weighted by Crippen LogP contribution is -2.40. The molecule has 0 atom stereocenters. The van der Waals surface area contributed by atoms with Gasteiger partial charge in [-0.1, -0.05) is 19.9 Å². The molecule has 0 unspecified atom stereocenters. The summed E-state index contributed by atoms with van der Waals surface area (Å²) >= 11 is 0. The van der Waals surface area contributed by atoms with Gasteiger partial charge in [0.2, 0.25) is 0 Å². The van der Waals surface area contributed by atoms with Crippen LogP contribution in [0.2, 0.25) is 0 Å². The van der Waals surface area contributed by atoms with Crippen molar-refractivity contribution in [1.82, 2.24) is 4.90 Å². The van der Waals surface area contributed by atoms with Crippen molar-refractivity contribution >= 4 is 11.6 Å². The summed E-state index contributed by atoms with van der Waals surface area (Å²) in [5.41, 5.74) is 7.50. The van der Waals surface area contributed by atoms with Crippen molar-refractivity contribution < 1.29 is 4.79 Å². The van der Waals surface area contributed by atoms with Crippen LogP contribution in [0.3, 0.4) is 0 Å². The van der Waals surface area contributed by atoms with Crippen molar-refractivity contribution in [3.8, 4) is 0 Å². The molecule has 0 radical (unpaired) electrons. The van der Waals surface area contributed by atoms with Gasteiger partial charge < -0.3 is 10.6 Å². The highest BCUT2D eigenvalue weighted by Gasteiger charge is 2.30. The summed E-state index contributed by atoms with van der Waals surface area (Å²) in [5, 5.41) is 0. The van der Waals surface area contributed by atoms with Crippen LogP contribution in [-0.4, -0.2) is 23.9 Å². The molecule has 1 aliphatic rings. The number of nitrogens with zero attached hydrogens (tertiary/aromatic N) is 1. The second kappa shape index (κ2) is 5.24. The Morgan fingerprint density at radius 3 is 2.53 bits per heavy atom. The summed E-state index contributed by atoms with van der Waals surface area (Å²) in [5.74, 6) is 0.0806. The van der Waals surface area contributed by atoms with Gasteiger partial charge in [0.05, 0.1) is 0 Å². The summed E-state index contributed by atoms with van der Waals surface area (Å²) < 4.78 is 0. The maximum absolute atomic E-state index is 12.4. The normalized spacial score (nSPS) is 19.1. The zero-order valence-electron chi connectivity index (χ0n) is 12.1. The van der Waals surface area contributed by atoms with Crippen LogP contribution < -0.4 is 5.73 Å². The molecule has 1 saturated carbocycles.